The Balaban J connectivity index is 2.98. The smallest absolute Gasteiger partial charge is 0.258 e. The molecule has 5 heteroatoms. The number of amides is 1. The molecule has 1 atom stereocenters. The van der Waals surface area contributed by atoms with E-state index in [-0.39, 0.29) is 0 Å². The number of hydrogen-bond donors (Lipinski definition) is 2. The van der Waals surface area contributed by atoms with Gasteiger partial charge < -0.3 is 16.2 Å². The molecule has 0 aliphatic carbocycles. The van der Waals surface area contributed by atoms with E-state index in [1.165, 1.54) is 0 Å². The van der Waals surface area contributed by atoms with Gasteiger partial charge >= 0.3 is 0 Å². The van der Waals surface area contributed by atoms with Crippen LogP contribution in [0.15, 0.2) is 18.2 Å². The zero-order valence-corrected chi connectivity index (χ0v) is 10.5. The summed E-state index contributed by atoms with van der Waals surface area (Å²) in [5.74, 6) is 0.0105. The Hall–Kier alpha value is -1.26. The molecule has 0 aliphatic heterocycles. The van der Waals surface area contributed by atoms with E-state index in [1.807, 2.05) is 19.1 Å². The Kier molecular flexibility index (Phi) is 5.25. The minimum atomic E-state index is -0.661. The lowest BCUT2D eigenvalue weighted by Crippen LogP contribution is -2.33. The Morgan fingerprint density at radius 1 is 1.53 bits per heavy atom. The Labute approximate surface area is 106 Å². The summed E-state index contributed by atoms with van der Waals surface area (Å²) >= 11 is 6.05. The van der Waals surface area contributed by atoms with E-state index in [1.54, 1.807) is 6.07 Å². The Morgan fingerprint density at radius 3 is 2.76 bits per heavy atom. The molecule has 0 aliphatic rings. The molecule has 1 unspecified atom stereocenters. The summed E-state index contributed by atoms with van der Waals surface area (Å²) in [6, 6.07) is 5.41. The maximum absolute atomic E-state index is 11.1. The number of primary amides is 1. The van der Waals surface area contributed by atoms with Crippen molar-refractivity contribution in [1.29, 1.82) is 0 Å². The Bertz CT molecular complexity index is 396. The molecule has 0 spiro atoms. The predicted molar refractivity (Wildman–Crippen MR) is 68.1 cm³/mol. The molecule has 4 nitrogen and oxygen atoms in total. The van der Waals surface area contributed by atoms with Crippen molar-refractivity contribution >= 4 is 17.5 Å². The summed E-state index contributed by atoms with van der Waals surface area (Å²) in [6.07, 6.45) is 0.486. The normalized spacial score (nSPS) is 12.2. The van der Waals surface area contributed by atoms with E-state index in [0.29, 0.717) is 30.2 Å². The number of para-hydroxylation sites is 1. The van der Waals surface area contributed by atoms with Crippen molar-refractivity contribution in [1.82, 2.24) is 0 Å². The quantitative estimate of drug-likeness (QED) is 0.809. The largest absolute Gasteiger partial charge is 0.479 e. The fourth-order valence-corrected chi connectivity index (χ4v) is 1.76. The van der Waals surface area contributed by atoms with E-state index < -0.39 is 12.0 Å². The van der Waals surface area contributed by atoms with Gasteiger partial charge in [0.2, 0.25) is 0 Å². The van der Waals surface area contributed by atoms with Crippen molar-refractivity contribution in [2.45, 2.75) is 25.9 Å². The molecule has 94 valence electrons. The summed E-state index contributed by atoms with van der Waals surface area (Å²) in [5, 5.41) is 0.468. The van der Waals surface area contributed by atoms with E-state index >= 15 is 0 Å². The monoisotopic (exact) mass is 256 g/mol. The van der Waals surface area contributed by atoms with Gasteiger partial charge in [0, 0.05) is 0 Å². The van der Waals surface area contributed by atoms with Gasteiger partial charge in [0.15, 0.2) is 6.10 Å². The number of carbonyl (C=O) groups excluding carboxylic acids is 1. The standard InChI is InChI=1S/C12H17ClN2O2/c1-2-10(12(15)16)17-11-8(6-7-14)4-3-5-9(11)13/h3-5,10H,2,6-7,14H2,1H3,(H2,15,16). The third-order valence-electron chi connectivity index (χ3n) is 2.41. The molecule has 0 saturated carbocycles. The first-order chi connectivity index (χ1) is 8.10. The zero-order valence-electron chi connectivity index (χ0n) is 9.78. The lowest BCUT2D eigenvalue weighted by molar-refractivity contribution is -0.124. The van der Waals surface area contributed by atoms with Gasteiger partial charge in [-0.15, -0.1) is 0 Å². The molecule has 0 bridgehead atoms. The summed E-state index contributed by atoms with van der Waals surface area (Å²) in [6.45, 7) is 2.32. The molecule has 0 radical (unpaired) electrons. The molecule has 1 amide bonds. The summed E-state index contributed by atoms with van der Waals surface area (Å²) < 4.78 is 5.58. The van der Waals surface area contributed by atoms with Crippen LogP contribution in [0.4, 0.5) is 0 Å². The van der Waals surface area contributed by atoms with Crippen LogP contribution in [-0.2, 0) is 11.2 Å². The molecule has 1 rings (SSSR count). The highest BCUT2D eigenvalue weighted by Gasteiger charge is 2.18. The summed E-state index contributed by atoms with van der Waals surface area (Å²) in [5.41, 5.74) is 11.6. The first-order valence-electron chi connectivity index (χ1n) is 5.53. The average molecular weight is 257 g/mol. The van der Waals surface area contributed by atoms with Crippen molar-refractivity contribution in [2.75, 3.05) is 6.54 Å². The number of carbonyl (C=O) groups is 1. The van der Waals surface area contributed by atoms with Gasteiger partial charge in [0.25, 0.3) is 5.91 Å². The third kappa shape index (κ3) is 3.61. The summed E-state index contributed by atoms with van der Waals surface area (Å²) in [4.78, 5) is 11.1. The van der Waals surface area contributed by atoms with Gasteiger partial charge in [-0.05, 0) is 31.0 Å². The molecule has 0 aromatic heterocycles. The van der Waals surface area contributed by atoms with E-state index in [4.69, 9.17) is 27.8 Å². The second-order valence-corrected chi connectivity index (χ2v) is 4.09. The molecule has 1 aromatic carbocycles. The lowest BCUT2D eigenvalue weighted by atomic mass is 10.1. The minimum absolute atomic E-state index is 0.468. The predicted octanol–water partition coefficient (Wildman–Crippen LogP) is 1.48. The van der Waals surface area contributed by atoms with Crippen LogP contribution in [0.25, 0.3) is 0 Å². The number of hydrogen-bond acceptors (Lipinski definition) is 3. The first-order valence-corrected chi connectivity index (χ1v) is 5.91. The van der Waals surface area contributed by atoms with Crippen molar-refractivity contribution in [3.05, 3.63) is 28.8 Å². The van der Waals surface area contributed by atoms with Gasteiger partial charge in [-0.3, -0.25) is 4.79 Å². The van der Waals surface area contributed by atoms with Crippen LogP contribution in [0, 0.1) is 0 Å². The van der Waals surface area contributed by atoms with Gasteiger partial charge in [-0.25, -0.2) is 0 Å². The highest BCUT2D eigenvalue weighted by Crippen LogP contribution is 2.30. The van der Waals surface area contributed by atoms with Crippen LogP contribution in [0.3, 0.4) is 0 Å². The number of ether oxygens (including phenoxy) is 1. The van der Waals surface area contributed by atoms with Gasteiger partial charge in [0.05, 0.1) is 5.02 Å². The van der Waals surface area contributed by atoms with Crippen molar-refractivity contribution in [2.24, 2.45) is 11.5 Å². The van der Waals surface area contributed by atoms with Crippen LogP contribution in [-0.4, -0.2) is 18.6 Å². The zero-order chi connectivity index (χ0) is 12.8. The highest BCUT2D eigenvalue weighted by atomic mass is 35.5. The molecular formula is C12H17ClN2O2. The average Bonchev–Trinajstić information content (AvgIpc) is 2.28. The highest BCUT2D eigenvalue weighted by molar-refractivity contribution is 6.32. The SMILES string of the molecule is CCC(Oc1c(Cl)cccc1CCN)C(N)=O. The number of rotatable bonds is 6. The molecule has 4 N–H and O–H groups in total. The van der Waals surface area contributed by atoms with Gasteiger partial charge in [-0.2, -0.15) is 0 Å². The lowest BCUT2D eigenvalue weighted by Gasteiger charge is -2.18. The molecule has 17 heavy (non-hydrogen) atoms. The summed E-state index contributed by atoms with van der Waals surface area (Å²) in [7, 11) is 0. The first kappa shape index (κ1) is 13.8. The van der Waals surface area contributed by atoms with Crippen molar-refractivity contribution < 1.29 is 9.53 Å². The fourth-order valence-electron chi connectivity index (χ4n) is 1.52. The van der Waals surface area contributed by atoms with Gasteiger partial charge in [0.1, 0.15) is 5.75 Å². The molecule has 1 aromatic rings. The van der Waals surface area contributed by atoms with Crippen LogP contribution < -0.4 is 16.2 Å². The van der Waals surface area contributed by atoms with Crippen molar-refractivity contribution in [3.63, 3.8) is 0 Å². The van der Waals surface area contributed by atoms with Crippen LogP contribution >= 0.6 is 11.6 Å². The molecular weight excluding hydrogens is 240 g/mol. The van der Waals surface area contributed by atoms with E-state index in [0.717, 1.165) is 5.56 Å². The van der Waals surface area contributed by atoms with Crippen molar-refractivity contribution in [3.8, 4) is 5.75 Å². The molecule has 0 saturated heterocycles. The minimum Gasteiger partial charge on any atom is -0.479 e. The van der Waals surface area contributed by atoms with E-state index in [2.05, 4.69) is 0 Å². The third-order valence-corrected chi connectivity index (χ3v) is 2.71. The van der Waals surface area contributed by atoms with Gasteiger partial charge in [-0.1, -0.05) is 30.7 Å². The second-order valence-electron chi connectivity index (χ2n) is 3.68. The number of halogens is 1. The fraction of sp³-hybridized carbons (Fsp3) is 0.417. The topological polar surface area (TPSA) is 78.3 Å². The maximum Gasteiger partial charge on any atom is 0.258 e. The number of benzene rings is 1. The maximum atomic E-state index is 11.1. The van der Waals surface area contributed by atoms with Crippen LogP contribution in [0.1, 0.15) is 18.9 Å². The van der Waals surface area contributed by atoms with E-state index in [9.17, 15) is 4.79 Å². The Morgan fingerprint density at radius 2 is 2.24 bits per heavy atom. The molecule has 0 heterocycles. The van der Waals surface area contributed by atoms with Crippen LogP contribution in [0.2, 0.25) is 5.02 Å². The molecule has 0 fully saturated rings. The second kappa shape index (κ2) is 6.47. The van der Waals surface area contributed by atoms with Crippen LogP contribution in [0.5, 0.6) is 5.75 Å². The number of nitrogens with two attached hydrogens (primary N) is 2.